The number of hydrogen-bond acceptors (Lipinski definition) is 6. The van der Waals surface area contributed by atoms with E-state index in [0.29, 0.717) is 6.29 Å². The van der Waals surface area contributed by atoms with Gasteiger partial charge in [0.2, 0.25) is 0 Å². The van der Waals surface area contributed by atoms with Gasteiger partial charge in [-0.1, -0.05) is 17.7 Å². The van der Waals surface area contributed by atoms with Gasteiger partial charge in [0.05, 0.1) is 12.8 Å². The zero-order valence-electron chi connectivity index (χ0n) is 14.2. The first-order chi connectivity index (χ1) is 11.0. The van der Waals surface area contributed by atoms with Gasteiger partial charge in [-0.25, -0.2) is 4.79 Å². The summed E-state index contributed by atoms with van der Waals surface area (Å²) in [4.78, 5) is 24.1. The Hall–Kier alpha value is -2.08. The lowest BCUT2D eigenvalue weighted by molar-refractivity contribution is -0.136. The van der Waals surface area contributed by atoms with Crippen LogP contribution in [-0.2, 0) is 14.3 Å². The smallest absolute Gasteiger partial charge is 0.333 e. The Morgan fingerprint density at radius 2 is 2.22 bits per heavy atom. The van der Waals surface area contributed by atoms with Gasteiger partial charge in [0.1, 0.15) is 0 Å². The average Bonchev–Trinajstić information content (AvgIpc) is 2.59. The van der Waals surface area contributed by atoms with Crippen molar-refractivity contribution in [3.63, 3.8) is 0 Å². The molecule has 3 N–H and O–H groups in total. The van der Waals surface area contributed by atoms with Gasteiger partial charge in [-0.3, -0.25) is 4.79 Å². The van der Waals surface area contributed by atoms with Crippen LogP contribution in [0.25, 0.3) is 0 Å². The lowest BCUT2D eigenvalue weighted by atomic mass is 9.98. The Bertz CT molecular complexity index is 509. The number of aldehydes is 1. The molecule has 0 spiro atoms. The van der Waals surface area contributed by atoms with E-state index in [0.717, 1.165) is 38.0 Å². The molecule has 6 heteroatoms. The molecule has 0 aromatic carbocycles. The van der Waals surface area contributed by atoms with E-state index in [1.807, 2.05) is 24.0 Å². The highest BCUT2D eigenvalue weighted by Gasteiger charge is 2.14. The highest BCUT2D eigenvalue weighted by molar-refractivity contribution is 5.89. The maximum absolute atomic E-state index is 11.4. The number of ether oxygens (including phenoxy) is 1. The molecule has 23 heavy (non-hydrogen) atoms. The van der Waals surface area contributed by atoms with Gasteiger partial charge in [0, 0.05) is 37.4 Å². The lowest BCUT2D eigenvalue weighted by Crippen LogP contribution is -2.38. The first-order valence-electron chi connectivity index (χ1n) is 7.87. The van der Waals surface area contributed by atoms with Gasteiger partial charge < -0.3 is 20.7 Å². The molecule has 0 amide bonds. The molecule has 0 aromatic heterocycles. The fraction of sp³-hybridized carbons (Fsp3) is 0.529. The number of rotatable bonds is 9. The number of carbonyl (C=O) groups excluding carboxylic acids is 2. The van der Waals surface area contributed by atoms with Crippen molar-refractivity contribution < 1.29 is 14.3 Å². The highest BCUT2D eigenvalue weighted by Crippen LogP contribution is 2.18. The molecule has 0 fully saturated rings. The van der Waals surface area contributed by atoms with E-state index in [1.54, 1.807) is 6.20 Å². The number of nitrogens with one attached hydrogen (secondary N) is 1. The van der Waals surface area contributed by atoms with Crippen molar-refractivity contribution >= 4 is 12.3 Å². The van der Waals surface area contributed by atoms with Crippen molar-refractivity contribution in [3.8, 4) is 0 Å². The van der Waals surface area contributed by atoms with Crippen molar-refractivity contribution in [1.82, 2.24) is 10.2 Å². The van der Waals surface area contributed by atoms with Gasteiger partial charge in [-0.15, -0.1) is 0 Å². The SMILES string of the molecule is CCN(/C=C(\N)C=O)C(C)CNCC1=CC=C(C(=O)OC)CC1. The van der Waals surface area contributed by atoms with Crippen LogP contribution in [0, 0.1) is 0 Å². The molecule has 1 rings (SSSR count). The van der Waals surface area contributed by atoms with E-state index in [2.05, 4.69) is 12.2 Å². The average molecular weight is 321 g/mol. The molecule has 128 valence electrons. The van der Waals surface area contributed by atoms with E-state index in [1.165, 1.54) is 12.7 Å². The first-order valence-corrected chi connectivity index (χ1v) is 7.87. The zero-order valence-corrected chi connectivity index (χ0v) is 14.2. The van der Waals surface area contributed by atoms with Gasteiger partial charge in [0.25, 0.3) is 0 Å². The molecule has 0 bridgehead atoms. The quantitative estimate of drug-likeness (QED) is 0.376. The topological polar surface area (TPSA) is 84.7 Å². The summed E-state index contributed by atoms with van der Waals surface area (Å²) in [6.45, 7) is 6.44. The summed E-state index contributed by atoms with van der Waals surface area (Å²) < 4.78 is 4.72. The third kappa shape index (κ3) is 6.28. The summed E-state index contributed by atoms with van der Waals surface area (Å²) in [6.07, 6.45) is 7.73. The Balaban J connectivity index is 2.45. The van der Waals surface area contributed by atoms with Crippen LogP contribution in [0.15, 0.2) is 35.2 Å². The minimum Gasteiger partial charge on any atom is -0.466 e. The van der Waals surface area contributed by atoms with Crippen LogP contribution >= 0.6 is 0 Å². The van der Waals surface area contributed by atoms with Crippen molar-refractivity contribution in [3.05, 3.63) is 35.2 Å². The summed E-state index contributed by atoms with van der Waals surface area (Å²) in [5.41, 5.74) is 7.77. The number of esters is 1. The van der Waals surface area contributed by atoms with E-state index < -0.39 is 0 Å². The van der Waals surface area contributed by atoms with Crippen LogP contribution in [0.5, 0.6) is 0 Å². The van der Waals surface area contributed by atoms with E-state index >= 15 is 0 Å². The molecular formula is C17H27N3O3. The first kappa shape index (κ1) is 19.0. The maximum atomic E-state index is 11.4. The van der Waals surface area contributed by atoms with Crippen LogP contribution in [0.3, 0.4) is 0 Å². The standard InChI is InChI=1S/C17H27N3O3/c1-4-20(11-16(18)12-21)13(2)9-19-10-14-5-7-15(8-6-14)17(22)23-3/h5,7,11-13,19H,4,6,8-10,18H2,1-3H3/b16-11-. The van der Waals surface area contributed by atoms with Gasteiger partial charge >= 0.3 is 5.97 Å². The molecule has 1 unspecified atom stereocenters. The maximum Gasteiger partial charge on any atom is 0.333 e. The second-order valence-corrected chi connectivity index (χ2v) is 5.57. The fourth-order valence-corrected chi connectivity index (χ4v) is 2.44. The molecule has 0 aromatic rings. The van der Waals surface area contributed by atoms with Crippen LogP contribution < -0.4 is 11.1 Å². The lowest BCUT2D eigenvalue weighted by Gasteiger charge is -2.27. The molecule has 0 aliphatic heterocycles. The van der Waals surface area contributed by atoms with Crippen LogP contribution in [-0.4, -0.2) is 49.9 Å². The molecule has 1 aliphatic rings. The normalized spacial score (nSPS) is 16.2. The molecule has 1 aliphatic carbocycles. The van der Waals surface area contributed by atoms with Crippen molar-refractivity contribution in [1.29, 1.82) is 0 Å². The largest absolute Gasteiger partial charge is 0.466 e. The molecule has 1 atom stereocenters. The second-order valence-electron chi connectivity index (χ2n) is 5.57. The summed E-state index contributed by atoms with van der Waals surface area (Å²) in [6, 6.07) is 0.226. The monoisotopic (exact) mass is 321 g/mol. The molecule has 6 nitrogen and oxygen atoms in total. The number of nitrogens with zero attached hydrogens (tertiary/aromatic N) is 1. The Labute approximate surface area is 138 Å². The molecule has 0 saturated carbocycles. The Kier molecular flexibility index (Phi) is 8.11. The molecule has 0 saturated heterocycles. The predicted octanol–water partition coefficient (Wildman–Crippen LogP) is 1.11. The second kappa shape index (κ2) is 9.84. The van der Waals surface area contributed by atoms with Crippen LogP contribution in [0.2, 0.25) is 0 Å². The van der Waals surface area contributed by atoms with E-state index in [4.69, 9.17) is 10.5 Å². The van der Waals surface area contributed by atoms with Gasteiger partial charge in [-0.05, 0) is 26.7 Å². The predicted molar refractivity (Wildman–Crippen MR) is 90.5 cm³/mol. The van der Waals surface area contributed by atoms with Crippen molar-refractivity contribution in [2.45, 2.75) is 32.7 Å². The summed E-state index contributed by atoms with van der Waals surface area (Å²) >= 11 is 0. The number of allylic oxidation sites excluding steroid dienone is 3. The third-order valence-corrected chi connectivity index (χ3v) is 3.86. The number of carbonyl (C=O) groups is 2. The molecule has 0 radical (unpaired) electrons. The zero-order chi connectivity index (χ0) is 17.2. The number of hydrogen-bond donors (Lipinski definition) is 2. The summed E-state index contributed by atoms with van der Waals surface area (Å²) in [5, 5.41) is 3.41. The fourth-order valence-electron chi connectivity index (χ4n) is 2.44. The third-order valence-electron chi connectivity index (χ3n) is 3.86. The molecular weight excluding hydrogens is 294 g/mol. The summed E-state index contributed by atoms with van der Waals surface area (Å²) in [5.74, 6) is -0.250. The van der Waals surface area contributed by atoms with Gasteiger partial charge in [-0.2, -0.15) is 0 Å². The number of likely N-dealkylation sites (N-methyl/N-ethyl adjacent to an activating group) is 1. The van der Waals surface area contributed by atoms with Gasteiger partial charge in [0.15, 0.2) is 6.29 Å². The number of nitrogens with two attached hydrogens (primary N) is 1. The molecule has 0 heterocycles. The van der Waals surface area contributed by atoms with Crippen LogP contribution in [0.1, 0.15) is 26.7 Å². The Morgan fingerprint density at radius 3 is 2.74 bits per heavy atom. The van der Waals surface area contributed by atoms with Crippen molar-refractivity contribution in [2.24, 2.45) is 5.73 Å². The van der Waals surface area contributed by atoms with Crippen molar-refractivity contribution in [2.75, 3.05) is 26.7 Å². The van der Waals surface area contributed by atoms with E-state index in [9.17, 15) is 9.59 Å². The van der Waals surface area contributed by atoms with E-state index in [-0.39, 0.29) is 17.7 Å². The highest BCUT2D eigenvalue weighted by atomic mass is 16.5. The Morgan fingerprint density at radius 1 is 1.48 bits per heavy atom. The minimum atomic E-state index is -0.250. The minimum absolute atomic E-state index is 0.226. The van der Waals surface area contributed by atoms with Crippen LogP contribution in [0.4, 0.5) is 0 Å². The number of methoxy groups -OCH3 is 1. The summed E-state index contributed by atoms with van der Waals surface area (Å²) in [7, 11) is 1.40.